The van der Waals surface area contributed by atoms with Crippen molar-refractivity contribution in [3.05, 3.63) is 28.3 Å². The van der Waals surface area contributed by atoms with Crippen molar-refractivity contribution in [3.63, 3.8) is 0 Å². The Bertz CT molecular complexity index is 701. The summed E-state index contributed by atoms with van der Waals surface area (Å²) in [5.74, 6) is 2.37. The first-order valence-corrected chi connectivity index (χ1v) is 9.87. The number of hydrogen-bond donors (Lipinski definition) is 1. The number of aliphatic hydroxyl groups is 1. The van der Waals surface area contributed by atoms with E-state index in [2.05, 4.69) is 34.6 Å². The summed E-state index contributed by atoms with van der Waals surface area (Å²) in [6.07, 6.45) is 3.32. The van der Waals surface area contributed by atoms with Crippen molar-refractivity contribution < 1.29 is 19.3 Å². The molecule has 1 aromatic rings. The Labute approximate surface area is 164 Å². The van der Waals surface area contributed by atoms with E-state index in [0.717, 1.165) is 29.7 Å². The van der Waals surface area contributed by atoms with Crippen LogP contribution in [0.4, 0.5) is 0 Å². The van der Waals surface area contributed by atoms with Gasteiger partial charge in [-0.1, -0.05) is 33.3 Å². The van der Waals surface area contributed by atoms with Crippen LogP contribution in [-0.4, -0.2) is 32.5 Å². The summed E-state index contributed by atoms with van der Waals surface area (Å²) < 4.78 is 17.0. The van der Waals surface area contributed by atoms with E-state index in [1.165, 1.54) is 17.6 Å². The van der Waals surface area contributed by atoms with Gasteiger partial charge in [-0.2, -0.15) is 0 Å². The van der Waals surface area contributed by atoms with Crippen LogP contribution in [0, 0.1) is 5.41 Å². The quantitative estimate of drug-likeness (QED) is 0.659. The first-order chi connectivity index (χ1) is 12.7. The Morgan fingerprint density at radius 1 is 1.07 bits per heavy atom. The highest BCUT2D eigenvalue weighted by Gasteiger charge is 2.34. The van der Waals surface area contributed by atoms with Crippen LogP contribution in [0.2, 0.25) is 0 Å². The van der Waals surface area contributed by atoms with Crippen molar-refractivity contribution in [2.75, 3.05) is 21.3 Å². The van der Waals surface area contributed by atoms with Crippen LogP contribution in [0.5, 0.6) is 17.2 Å². The van der Waals surface area contributed by atoms with Gasteiger partial charge in [-0.05, 0) is 49.2 Å². The molecule has 1 atom stereocenters. The lowest BCUT2D eigenvalue weighted by Crippen LogP contribution is -2.30. The molecule has 1 N–H and O–H groups in total. The highest BCUT2D eigenvalue weighted by atomic mass is 16.5. The number of hydrogen-bond acceptors (Lipinski definition) is 4. The van der Waals surface area contributed by atoms with Crippen LogP contribution in [0.1, 0.15) is 70.9 Å². The normalized spacial score (nSPS) is 17.9. The van der Waals surface area contributed by atoms with Gasteiger partial charge in [0.05, 0.1) is 27.4 Å². The predicted octanol–water partition coefficient (Wildman–Crippen LogP) is 5.27. The van der Waals surface area contributed by atoms with Gasteiger partial charge < -0.3 is 19.3 Å². The molecule has 0 saturated heterocycles. The van der Waals surface area contributed by atoms with Gasteiger partial charge in [0.25, 0.3) is 0 Å². The second-order valence-electron chi connectivity index (χ2n) is 8.52. The number of methoxy groups -OCH3 is 3. The summed E-state index contributed by atoms with van der Waals surface area (Å²) >= 11 is 0. The third kappa shape index (κ3) is 4.26. The van der Waals surface area contributed by atoms with E-state index >= 15 is 0 Å². The highest BCUT2D eigenvalue weighted by molar-refractivity contribution is 5.59. The zero-order chi connectivity index (χ0) is 20.4. The summed E-state index contributed by atoms with van der Waals surface area (Å²) in [4.78, 5) is 0. The highest BCUT2D eigenvalue weighted by Crippen LogP contribution is 2.46. The summed E-state index contributed by atoms with van der Waals surface area (Å²) in [6.45, 7) is 10.8. The molecule has 0 heterocycles. The molecule has 0 aliphatic heterocycles. The molecule has 0 spiro atoms. The number of aliphatic hydroxyl groups excluding tert-OH is 1. The molecule has 1 aliphatic carbocycles. The Kier molecular flexibility index (Phi) is 6.85. The van der Waals surface area contributed by atoms with Crippen LogP contribution in [0.3, 0.4) is 0 Å². The Hall–Kier alpha value is -1.68. The standard InChI is InChI=1S/C23H36O4/c1-14(2)19-21(26-7)16(13-18(25-6)22(19)27-8)12-17(24)20-15(3)10-9-11-23(20,4)5/h13-14,17,24H,9-12H2,1-8H3. The fourth-order valence-corrected chi connectivity index (χ4v) is 4.67. The topological polar surface area (TPSA) is 47.9 Å². The molecule has 0 aromatic heterocycles. The maximum absolute atomic E-state index is 11.2. The van der Waals surface area contributed by atoms with Gasteiger partial charge >= 0.3 is 0 Å². The molecular formula is C23H36O4. The fourth-order valence-electron chi connectivity index (χ4n) is 4.67. The minimum atomic E-state index is -0.535. The molecule has 0 saturated carbocycles. The summed E-state index contributed by atoms with van der Waals surface area (Å²) in [6, 6.07) is 1.94. The molecular weight excluding hydrogens is 340 g/mol. The zero-order valence-corrected chi connectivity index (χ0v) is 18.2. The van der Waals surface area contributed by atoms with Gasteiger partial charge in [-0.15, -0.1) is 0 Å². The van der Waals surface area contributed by atoms with Crippen LogP contribution >= 0.6 is 0 Å². The van der Waals surface area contributed by atoms with E-state index in [1.54, 1.807) is 21.3 Å². The molecule has 4 nitrogen and oxygen atoms in total. The lowest BCUT2D eigenvalue weighted by Gasteiger charge is -2.37. The smallest absolute Gasteiger partial charge is 0.167 e. The van der Waals surface area contributed by atoms with E-state index in [9.17, 15) is 5.11 Å². The second kappa shape index (κ2) is 8.55. The Balaban J connectivity index is 2.54. The molecule has 1 unspecified atom stereocenters. The maximum Gasteiger partial charge on any atom is 0.167 e. The third-order valence-corrected chi connectivity index (χ3v) is 5.80. The van der Waals surface area contributed by atoms with Crippen molar-refractivity contribution in [2.24, 2.45) is 5.41 Å². The molecule has 152 valence electrons. The largest absolute Gasteiger partial charge is 0.496 e. The van der Waals surface area contributed by atoms with Crippen molar-refractivity contribution in [1.82, 2.24) is 0 Å². The summed E-state index contributed by atoms with van der Waals surface area (Å²) in [7, 11) is 4.97. The second-order valence-corrected chi connectivity index (χ2v) is 8.52. The number of ether oxygens (including phenoxy) is 3. The molecule has 0 fully saturated rings. The van der Waals surface area contributed by atoms with Gasteiger partial charge in [0.1, 0.15) is 5.75 Å². The average molecular weight is 377 g/mol. The average Bonchev–Trinajstić information content (AvgIpc) is 2.59. The minimum absolute atomic E-state index is 0.0203. The van der Waals surface area contributed by atoms with Crippen molar-refractivity contribution in [2.45, 2.75) is 72.3 Å². The van der Waals surface area contributed by atoms with Crippen molar-refractivity contribution in [1.29, 1.82) is 0 Å². The first kappa shape index (κ1) is 21.6. The Morgan fingerprint density at radius 3 is 2.19 bits per heavy atom. The van der Waals surface area contributed by atoms with Gasteiger partial charge in [0, 0.05) is 17.5 Å². The molecule has 0 bridgehead atoms. The lowest BCUT2D eigenvalue weighted by atomic mass is 9.70. The lowest BCUT2D eigenvalue weighted by molar-refractivity contribution is 0.167. The van der Waals surface area contributed by atoms with E-state index in [4.69, 9.17) is 14.2 Å². The SMILES string of the molecule is COc1cc(CC(O)C2=C(C)CCCC2(C)C)c(OC)c(C(C)C)c1OC. The van der Waals surface area contributed by atoms with E-state index in [0.29, 0.717) is 17.9 Å². The minimum Gasteiger partial charge on any atom is -0.496 e. The molecule has 0 amide bonds. The molecule has 1 aliphatic rings. The van der Waals surface area contributed by atoms with Gasteiger partial charge in [0.15, 0.2) is 11.5 Å². The summed E-state index contributed by atoms with van der Waals surface area (Å²) in [5.41, 5.74) is 4.45. The molecule has 0 radical (unpaired) electrons. The van der Waals surface area contributed by atoms with Crippen LogP contribution in [-0.2, 0) is 6.42 Å². The van der Waals surface area contributed by atoms with Crippen molar-refractivity contribution >= 4 is 0 Å². The van der Waals surface area contributed by atoms with E-state index < -0.39 is 6.10 Å². The number of benzene rings is 1. The van der Waals surface area contributed by atoms with Gasteiger partial charge in [0.2, 0.25) is 0 Å². The monoisotopic (exact) mass is 376 g/mol. The molecule has 1 aromatic carbocycles. The predicted molar refractivity (Wildman–Crippen MR) is 110 cm³/mol. The Morgan fingerprint density at radius 2 is 1.70 bits per heavy atom. The van der Waals surface area contributed by atoms with E-state index in [-0.39, 0.29) is 11.3 Å². The molecule has 27 heavy (non-hydrogen) atoms. The van der Waals surface area contributed by atoms with E-state index in [1.807, 2.05) is 6.07 Å². The third-order valence-electron chi connectivity index (χ3n) is 5.80. The number of allylic oxidation sites excluding steroid dienone is 1. The molecule has 2 rings (SSSR count). The summed E-state index contributed by atoms with van der Waals surface area (Å²) in [5, 5.41) is 11.2. The first-order valence-electron chi connectivity index (χ1n) is 9.87. The van der Waals surface area contributed by atoms with Gasteiger partial charge in [-0.25, -0.2) is 0 Å². The number of rotatable bonds is 7. The van der Waals surface area contributed by atoms with Crippen molar-refractivity contribution in [3.8, 4) is 17.2 Å². The van der Waals surface area contributed by atoms with Crippen LogP contribution < -0.4 is 14.2 Å². The van der Waals surface area contributed by atoms with Crippen LogP contribution in [0.25, 0.3) is 0 Å². The van der Waals surface area contributed by atoms with Gasteiger partial charge in [-0.3, -0.25) is 0 Å². The maximum atomic E-state index is 11.2. The van der Waals surface area contributed by atoms with Crippen LogP contribution in [0.15, 0.2) is 17.2 Å². The zero-order valence-electron chi connectivity index (χ0n) is 18.2. The fraction of sp³-hybridized carbons (Fsp3) is 0.652. The molecule has 4 heteroatoms.